The Balaban J connectivity index is 2.90. The Hall–Kier alpha value is -0.790. The third kappa shape index (κ3) is 2.07. The molecule has 0 aliphatic rings. The van der Waals surface area contributed by atoms with Gasteiger partial charge in [-0.25, -0.2) is 4.39 Å². The molecular formula is C7H7FO2P+. The van der Waals surface area contributed by atoms with E-state index < -0.39 is 8.03 Å². The first-order valence-electron chi connectivity index (χ1n) is 3.01. The number of halogens is 1. The van der Waals surface area contributed by atoms with E-state index in [-0.39, 0.29) is 5.82 Å². The average molecular weight is 173 g/mol. The van der Waals surface area contributed by atoms with Crippen LogP contribution in [0.2, 0.25) is 0 Å². The average Bonchev–Trinajstić information content (AvgIpc) is 2.05. The largest absolute Gasteiger partial charge is 0.548 e. The molecule has 0 aromatic heterocycles. The van der Waals surface area contributed by atoms with Gasteiger partial charge in [0.1, 0.15) is 5.82 Å². The molecule has 0 heterocycles. The molecule has 4 heteroatoms. The smallest absolute Gasteiger partial charge is 0.207 e. The Bertz CT molecular complexity index is 258. The first-order valence-corrected chi connectivity index (χ1v) is 4.18. The first kappa shape index (κ1) is 8.31. The molecule has 2 nitrogen and oxygen atoms in total. The lowest BCUT2D eigenvalue weighted by Gasteiger charge is -1.84. The SMILES string of the molecule is CO[P+](=O)c1ccc(F)cc1. The van der Waals surface area contributed by atoms with Crippen LogP contribution in [0.3, 0.4) is 0 Å². The fourth-order valence-corrected chi connectivity index (χ4v) is 1.27. The van der Waals surface area contributed by atoms with Gasteiger partial charge in [-0.2, -0.15) is 0 Å². The lowest BCUT2D eigenvalue weighted by molar-refractivity contribution is 0.423. The van der Waals surface area contributed by atoms with Gasteiger partial charge in [0.2, 0.25) is 5.30 Å². The maximum atomic E-state index is 12.3. The minimum absolute atomic E-state index is 0.340. The molecule has 0 spiro atoms. The lowest BCUT2D eigenvalue weighted by Crippen LogP contribution is -1.95. The molecule has 0 saturated carbocycles. The van der Waals surface area contributed by atoms with Crippen molar-refractivity contribution in [3.8, 4) is 0 Å². The minimum atomic E-state index is -1.80. The predicted molar refractivity (Wildman–Crippen MR) is 40.6 cm³/mol. The second-order valence-electron chi connectivity index (χ2n) is 1.92. The number of benzene rings is 1. The molecule has 11 heavy (non-hydrogen) atoms. The molecule has 1 rings (SSSR count). The van der Waals surface area contributed by atoms with Crippen LogP contribution in [-0.2, 0) is 9.09 Å². The minimum Gasteiger partial charge on any atom is -0.207 e. The van der Waals surface area contributed by atoms with Gasteiger partial charge in [-0.1, -0.05) is 0 Å². The molecule has 0 N–H and O–H groups in total. The fraction of sp³-hybridized carbons (Fsp3) is 0.143. The van der Waals surface area contributed by atoms with Crippen LogP contribution >= 0.6 is 8.03 Å². The molecule has 0 amide bonds. The van der Waals surface area contributed by atoms with Gasteiger partial charge in [-0.15, -0.1) is 4.52 Å². The van der Waals surface area contributed by atoms with Crippen molar-refractivity contribution >= 4 is 13.3 Å². The molecule has 0 bridgehead atoms. The highest BCUT2D eigenvalue weighted by Crippen LogP contribution is 2.18. The third-order valence-corrected chi connectivity index (χ3v) is 2.25. The summed E-state index contributed by atoms with van der Waals surface area (Å²) >= 11 is 0. The van der Waals surface area contributed by atoms with Crippen LogP contribution in [0.1, 0.15) is 0 Å². The Kier molecular flexibility index (Phi) is 2.69. The van der Waals surface area contributed by atoms with Crippen LogP contribution in [0.25, 0.3) is 0 Å². The molecule has 58 valence electrons. The van der Waals surface area contributed by atoms with Crippen LogP contribution < -0.4 is 5.30 Å². The van der Waals surface area contributed by atoms with E-state index in [4.69, 9.17) is 0 Å². The lowest BCUT2D eigenvalue weighted by atomic mass is 10.4. The summed E-state index contributed by atoms with van der Waals surface area (Å²) in [6.45, 7) is 0. The zero-order valence-electron chi connectivity index (χ0n) is 5.95. The summed E-state index contributed by atoms with van der Waals surface area (Å²) < 4.78 is 27.8. The highest BCUT2D eigenvalue weighted by Gasteiger charge is 2.18. The van der Waals surface area contributed by atoms with Crippen LogP contribution in [0.15, 0.2) is 24.3 Å². The number of hydrogen-bond acceptors (Lipinski definition) is 2. The zero-order chi connectivity index (χ0) is 8.27. The van der Waals surface area contributed by atoms with Crippen molar-refractivity contribution in [2.75, 3.05) is 7.11 Å². The topological polar surface area (TPSA) is 26.3 Å². The highest BCUT2D eigenvalue weighted by atomic mass is 31.1. The summed E-state index contributed by atoms with van der Waals surface area (Å²) in [6.07, 6.45) is 0. The Morgan fingerprint density at radius 3 is 2.36 bits per heavy atom. The Morgan fingerprint density at radius 1 is 1.36 bits per heavy atom. The van der Waals surface area contributed by atoms with E-state index >= 15 is 0 Å². The first-order chi connectivity index (χ1) is 5.24. The monoisotopic (exact) mass is 173 g/mol. The van der Waals surface area contributed by atoms with E-state index in [0.717, 1.165) is 0 Å². The molecule has 0 radical (unpaired) electrons. The van der Waals surface area contributed by atoms with E-state index in [0.29, 0.717) is 5.30 Å². The third-order valence-electron chi connectivity index (χ3n) is 1.20. The van der Waals surface area contributed by atoms with Gasteiger partial charge in [-0.3, -0.25) is 0 Å². The van der Waals surface area contributed by atoms with Crippen LogP contribution in [0.4, 0.5) is 4.39 Å². The second kappa shape index (κ2) is 3.56. The van der Waals surface area contributed by atoms with Gasteiger partial charge in [0.15, 0.2) is 0 Å². The summed E-state index contributed by atoms with van der Waals surface area (Å²) in [6, 6.07) is 5.39. The maximum Gasteiger partial charge on any atom is 0.548 e. The molecular weight excluding hydrogens is 166 g/mol. The van der Waals surface area contributed by atoms with Crippen molar-refractivity contribution in [1.82, 2.24) is 0 Å². The van der Waals surface area contributed by atoms with E-state index in [1.165, 1.54) is 31.4 Å². The van der Waals surface area contributed by atoms with Gasteiger partial charge < -0.3 is 0 Å². The number of rotatable bonds is 2. The van der Waals surface area contributed by atoms with Crippen LogP contribution in [0, 0.1) is 5.82 Å². The summed E-state index contributed by atoms with van der Waals surface area (Å²) in [7, 11) is -0.453. The molecule has 0 saturated heterocycles. The quantitative estimate of drug-likeness (QED) is 0.638. The molecule has 0 fully saturated rings. The van der Waals surface area contributed by atoms with Crippen molar-refractivity contribution in [1.29, 1.82) is 0 Å². The molecule has 1 atom stereocenters. The van der Waals surface area contributed by atoms with Crippen molar-refractivity contribution in [2.24, 2.45) is 0 Å². The van der Waals surface area contributed by atoms with E-state index in [9.17, 15) is 8.96 Å². The normalized spacial score (nSPS) is 11.3. The number of hydrogen-bond donors (Lipinski definition) is 0. The van der Waals surface area contributed by atoms with Crippen molar-refractivity contribution in [3.63, 3.8) is 0 Å². The van der Waals surface area contributed by atoms with Crippen molar-refractivity contribution in [3.05, 3.63) is 30.1 Å². The maximum absolute atomic E-state index is 12.3. The molecule has 0 aliphatic carbocycles. The fourth-order valence-electron chi connectivity index (χ4n) is 0.668. The van der Waals surface area contributed by atoms with Gasteiger partial charge in [0, 0.05) is 0 Å². The second-order valence-corrected chi connectivity index (χ2v) is 3.31. The Morgan fingerprint density at radius 2 is 1.91 bits per heavy atom. The standard InChI is InChI=1S/C7H7FO2P/c1-10-11(9)7-4-2-6(8)3-5-7/h2-5H,1H3/q+1. The summed E-state index contributed by atoms with van der Waals surface area (Å²) in [5.41, 5.74) is 0. The van der Waals surface area contributed by atoms with Crippen molar-refractivity contribution in [2.45, 2.75) is 0 Å². The van der Waals surface area contributed by atoms with Crippen LogP contribution in [-0.4, -0.2) is 7.11 Å². The molecule has 1 aromatic carbocycles. The summed E-state index contributed by atoms with van der Waals surface area (Å²) in [5.74, 6) is -0.340. The zero-order valence-corrected chi connectivity index (χ0v) is 6.85. The summed E-state index contributed by atoms with van der Waals surface area (Å²) in [4.78, 5) is 0. The highest BCUT2D eigenvalue weighted by molar-refractivity contribution is 7.48. The molecule has 1 unspecified atom stereocenters. The Labute approximate surface area is 64.9 Å². The predicted octanol–water partition coefficient (Wildman–Crippen LogP) is 1.84. The van der Waals surface area contributed by atoms with Crippen molar-refractivity contribution < 1.29 is 13.5 Å². The van der Waals surface area contributed by atoms with Gasteiger partial charge in [-0.05, 0) is 28.8 Å². The van der Waals surface area contributed by atoms with Gasteiger partial charge in [0.05, 0.1) is 7.11 Å². The van der Waals surface area contributed by atoms with E-state index in [1.807, 2.05) is 0 Å². The van der Waals surface area contributed by atoms with Gasteiger partial charge >= 0.3 is 8.03 Å². The van der Waals surface area contributed by atoms with E-state index in [1.54, 1.807) is 0 Å². The molecule has 0 aliphatic heterocycles. The summed E-state index contributed by atoms with van der Waals surface area (Å²) in [5, 5.41) is 0.504. The van der Waals surface area contributed by atoms with E-state index in [2.05, 4.69) is 4.52 Å². The van der Waals surface area contributed by atoms with Crippen LogP contribution in [0.5, 0.6) is 0 Å². The molecule has 1 aromatic rings. The van der Waals surface area contributed by atoms with Gasteiger partial charge in [0.25, 0.3) is 0 Å².